The molecule has 33 heavy (non-hydrogen) atoms. The number of nitro groups is 1. The highest BCUT2D eigenvalue weighted by molar-refractivity contribution is 7.89. The van der Waals surface area contributed by atoms with Crippen molar-refractivity contribution in [2.45, 2.75) is 31.7 Å². The number of hydrogen-bond donors (Lipinski definition) is 1. The van der Waals surface area contributed by atoms with Crippen molar-refractivity contribution in [2.75, 3.05) is 25.0 Å². The molecule has 0 unspecified atom stereocenters. The number of nitro benzene ring substituents is 1. The van der Waals surface area contributed by atoms with Gasteiger partial charge in [-0.2, -0.15) is 4.31 Å². The zero-order valence-electron chi connectivity index (χ0n) is 18.5. The van der Waals surface area contributed by atoms with Crippen LogP contribution in [0, 0.1) is 29.9 Å². The molecule has 13 heteroatoms. The van der Waals surface area contributed by atoms with Crippen molar-refractivity contribution in [1.29, 1.82) is 0 Å². The Morgan fingerprint density at radius 3 is 2.52 bits per heavy atom. The predicted molar refractivity (Wildman–Crippen MR) is 117 cm³/mol. The molecule has 1 aromatic heterocycles. The zero-order valence-corrected chi connectivity index (χ0v) is 19.3. The van der Waals surface area contributed by atoms with Crippen molar-refractivity contribution < 1.29 is 27.7 Å². The minimum absolute atomic E-state index is 0.00919. The summed E-state index contributed by atoms with van der Waals surface area (Å²) in [4.78, 5) is 39.1. The topological polar surface area (TPSA) is 154 Å². The minimum atomic E-state index is -3.76. The molecule has 0 radical (unpaired) electrons. The van der Waals surface area contributed by atoms with E-state index in [9.17, 15) is 28.1 Å². The number of imidazole rings is 1. The Hall–Kier alpha value is -3.32. The van der Waals surface area contributed by atoms with Crippen molar-refractivity contribution in [1.82, 2.24) is 13.9 Å². The van der Waals surface area contributed by atoms with Gasteiger partial charge in [-0.1, -0.05) is 6.07 Å². The smallest absolute Gasteiger partial charge is 0.309 e. The lowest BCUT2D eigenvalue weighted by Gasteiger charge is -2.29. The monoisotopic (exact) mass is 479 g/mol. The first-order valence-electron chi connectivity index (χ1n) is 10.2. The van der Waals surface area contributed by atoms with Crippen molar-refractivity contribution in [3.8, 4) is 0 Å². The number of carbonyl (C=O) groups excluding carboxylic acids is 2. The van der Waals surface area contributed by atoms with E-state index in [0.29, 0.717) is 11.4 Å². The summed E-state index contributed by atoms with van der Waals surface area (Å²) in [5, 5.41) is 13.5. The quantitative estimate of drug-likeness (QED) is 0.356. The molecule has 0 saturated carbocycles. The molecule has 1 amide bonds. The van der Waals surface area contributed by atoms with E-state index in [1.54, 1.807) is 31.5 Å². The fourth-order valence-corrected chi connectivity index (χ4v) is 4.95. The van der Waals surface area contributed by atoms with Crippen molar-refractivity contribution in [2.24, 2.45) is 13.0 Å². The van der Waals surface area contributed by atoms with Gasteiger partial charge < -0.3 is 14.6 Å². The molecule has 1 saturated heterocycles. The van der Waals surface area contributed by atoms with Crippen LogP contribution in [0.4, 0.5) is 11.4 Å². The molecule has 178 valence electrons. The lowest BCUT2D eigenvalue weighted by atomic mass is 9.98. The number of aryl methyl sites for hydroxylation is 3. The van der Waals surface area contributed by atoms with Gasteiger partial charge in [0.1, 0.15) is 11.5 Å². The number of esters is 1. The predicted octanol–water partition coefficient (Wildman–Crippen LogP) is 1.53. The Kier molecular flexibility index (Phi) is 7.12. The summed E-state index contributed by atoms with van der Waals surface area (Å²) in [7, 11) is -2.05. The third-order valence-corrected chi connectivity index (χ3v) is 7.22. The van der Waals surface area contributed by atoms with E-state index in [1.807, 2.05) is 0 Å². The van der Waals surface area contributed by atoms with Gasteiger partial charge in [0.05, 0.1) is 10.8 Å². The summed E-state index contributed by atoms with van der Waals surface area (Å²) in [6.45, 7) is 3.04. The molecule has 1 aromatic carbocycles. The minimum Gasteiger partial charge on any atom is -0.455 e. The molecule has 0 aliphatic carbocycles. The van der Waals surface area contributed by atoms with E-state index in [2.05, 4.69) is 10.3 Å². The van der Waals surface area contributed by atoms with Crippen LogP contribution in [0.15, 0.2) is 29.4 Å². The standard InChI is InChI=1S/C20H25N5O7S/c1-13-4-5-16(17(10-13)25(28)29)22-18(26)12-32-20(27)15-6-8-24(9-7-15)33(30,31)19-11-23(3)14(2)21-19/h4-5,10-11,15H,6-9,12H2,1-3H3,(H,22,26). The molecule has 1 aliphatic rings. The Morgan fingerprint density at radius 1 is 1.27 bits per heavy atom. The van der Waals surface area contributed by atoms with E-state index in [1.165, 1.54) is 22.6 Å². The molecule has 0 atom stereocenters. The van der Waals surface area contributed by atoms with Gasteiger partial charge in [-0.25, -0.2) is 13.4 Å². The highest BCUT2D eigenvalue weighted by Gasteiger charge is 2.34. The van der Waals surface area contributed by atoms with Crippen molar-refractivity contribution in [3.63, 3.8) is 0 Å². The van der Waals surface area contributed by atoms with Gasteiger partial charge in [-0.15, -0.1) is 0 Å². The number of nitrogens with zero attached hydrogens (tertiary/aromatic N) is 4. The summed E-state index contributed by atoms with van der Waals surface area (Å²) in [5.74, 6) is -1.31. The number of amides is 1. The Bertz CT molecular complexity index is 1160. The lowest BCUT2D eigenvalue weighted by Crippen LogP contribution is -2.41. The summed E-state index contributed by atoms with van der Waals surface area (Å²) >= 11 is 0. The van der Waals surface area contributed by atoms with E-state index < -0.39 is 39.3 Å². The van der Waals surface area contributed by atoms with Gasteiger partial charge >= 0.3 is 5.97 Å². The molecule has 1 aliphatic heterocycles. The van der Waals surface area contributed by atoms with Crippen molar-refractivity contribution in [3.05, 3.63) is 45.9 Å². The van der Waals surface area contributed by atoms with Crippen LogP contribution < -0.4 is 5.32 Å². The Labute approximate surface area is 190 Å². The SMILES string of the molecule is Cc1ccc(NC(=O)COC(=O)C2CCN(S(=O)(=O)c3cn(C)c(C)n3)CC2)c([N+](=O)[O-])c1. The molecule has 12 nitrogen and oxygen atoms in total. The second-order valence-corrected chi connectivity index (χ2v) is 9.73. The van der Waals surface area contributed by atoms with Gasteiger partial charge in [0.25, 0.3) is 21.6 Å². The van der Waals surface area contributed by atoms with Crippen molar-refractivity contribution >= 4 is 33.3 Å². The lowest BCUT2D eigenvalue weighted by molar-refractivity contribution is -0.384. The fourth-order valence-electron chi connectivity index (χ4n) is 3.45. The van der Waals surface area contributed by atoms with Crippen LogP contribution in [-0.2, 0) is 31.4 Å². The first kappa shape index (κ1) is 24.3. The summed E-state index contributed by atoms with van der Waals surface area (Å²) < 4.78 is 33.5. The number of ether oxygens (including phenoxy) is 1. The van der Waals surface area contributed by atoms with Gasteiger partial charge in [0, 0.05) is 32.4 Å². The number of anilines is 1. The van der Waals surface area contributed by atoms with E-state index >= 15 is 0 Å². The summed E-state index contributed by atoms with van der Waals surface area (Å²) in [6, 6.07) is 4.35. The largest absolute Gasteiger partial charge is 0.455 e. The van der Waals surface area contributed by atoms with Gasteiger partial charge in [0.15, 0.2) is 11.6 Å². The normalized spacial score (nSPS) is 15.2. The van der Waals surface area contributed by atoms with Crippen LogP contribution in [-0.4, -0.2) is 58.8 Å². The molecule has 1 N–H and O–H groups in total. The molecule has 0 spiro atoms. The maximum absolute atomic E-state index is 12.7. The molecule has 2 heterocycles. The van der Waals surface area contributed by atoms with Gasteiger partial charge in [0.2, 0.25) is 0 Å². The average molecular weight is 480 g/mol. The fraction of sp³-hybridized carbons (Fsp3) is 0.450. The highest BCUT2D eigenvalue weighted by Crippen LogP contribution is 2.26. The zero-order chi connectivity index (χ0) is 24.3. The maximum atomic E-state index is 12.7. The number of carbonyl (C=O) groups is 2. The van der Waals surface area contributed by atoms with Crippen LogP contribution >= 0.6 is 0 Å². The third-order valence-electron chi connectivity index (χ3n) is 5.45. The van der Waals surface area contributed by atoms with Gasteiger partial charge in [-0.3, -0.25) is 19.7 Å². The number of aromatic nitrogens is 2. The number of benzene rings is 1. The molecule has 2 aromatic rings. The number of piperidine rings is 1. The number of hydrogen-bond acceptors (Lipinski definition) is 8. The van der Waals surface area contributed by atoms with Crippen LogP contribution in [0.1, 0.15) is 24.2 Å². The van der Waals surface area contributed by atoms with Gasteiger partial charge in [-0.05, 0) is 38.3 Å². The molecule has 1 fully saturated rings. The number of sulfonamides is 1. The molecular weight excluding hydrogens is 454 g/mol. The van der Waals surface area contributed by atoms with E-state index in [4.69, 9.17) is 4.74 Å². The molecule has 0 bridgehead atoms. The van der Waals surface area contributed by atoms with Crippen LogP contribution in [0.5, 0.6) is 0 Å². The number of rotatable bonds is 7. The summed E-state index contributed by atoms with van der Waals surface area (Å²) in [6.07, 6.45) is 1.94. The summed E-state index contributed by atoms with van der Waals surface area (Å²) in [5.41, 5.74) is 0.416. The Morgan fingerprint density at radius 2 is 1.94 bits per heavy atom. The number of nitrogens with one attached hydrogen (secondary N) is 1. The van der Waals surface area contributed by atoms with Crippen LogP contribution in [0.3, 0.4) is 0 Å². The maximum Gasteiger partial charge on any atom is 0.309 e. The Balaban J connectivity index is 1.51. The average Bonchev–Trinajstić information content (AvgIpc) is 3.12. The van der Waals surface area contributed by atoms with Crippen LogP contribution in [0.2, 0.25) is 0 Å². The van der Waals surface area contributed by atoms with Crippen LogP contribution in [0.25, 0.3) is 0 Å². The first-order valence-corrected chi connectivity index (χ1v) is 11.6. The van der Waals surface area contributed by atoms with E-state index in [-0.39, 0.29) is 42.3 Å². The highest BCUT2D eigenvalue weighted by atomic mass is 32.2. The second kappa shape index (κ2) is 9.67. The van der Waals surface area contributed by atoms with E-state index in [0.717, 1.165) is 0 Å². The third kappa shape index (κ3) is 5.54. The molecule has 3 rings (SSSR count). The second-order valence-electron chi connectivity index (χ2n) is 7.85. The first-order chi connectivity index (χ1) is 15.5. The molecular formula is C20H25N5O7S.